The van der Waals surface area contributed by atoms with Gasteiger partial charge in [0, 0.05) is 19.9 Å². The van der Waals surface area contributed by atoms with Crippen molar-refractivity contribution < 1.29 is 14.3 Å². The molecule has 7 heteroatoms. The summed E-state index contributed by atoms with van der Waals surface area (Å²) in [6.45, 7) is 0.647. The zero-order valence-electron chi connectivity index (χ0n) is 11.6. The van der Waals surface area contributed by atoms with E-state index in [-0.39, 0.29) is 11.1 Å². The fourth-order valence-electron chi connectivity index (χ4n) is 1.48. The molecule has 0 aliphatic heterocycles. The van der Waals surface area contributed by atoms with Gasteiger partial charge < -0.3 is 21.1 Å². The zero-order chi connectivity index (χ0) is 15.7. The Balaban J connectivity index is 2.80. The molecule has 1 aromatic rings. The molecule has 1 rings (SSSR count). The van der Waals surface area contributed by atoms with E-state index in [1.54, 1.807) is 30.3 Å². The summed E-state index contributed by atoms with van der Waals surface area (Å²) in [6.07, 6.45) is 1.23. The van der Waals surface area contributed by atoms with Gasteiger partial charge in [0.1, 0.15) is 11.6 Å². The maximum atomic E-state index is 11.7. The molecule has 0 bridgehead atoms. The number of para-hydroxylation sites is 1. The molecular weight excluding hydrogens is 272 g/mol. The Morgan fingerprint density at radius 1 is 1.43 bits per heavy atom. The van der Waals surface area contributed by atoms with Crippen LogP contribution in [0.1, 0.15) is 10.4 Å². The van der Waals surface area contributed by atoms with Crippen LogP contribution in [0.5, 0.6) is 0 Å². The Hall–Kier alpha value is -2.85. The molecule has 2 amide bonds. The number of hydrogen-bond donors (Lipinski definition) is 3. The first-order valence-electron chi connectivity index (χ1n) is 6.13. The molecule has 0 radical (unpaired) electrons. The minimum atomic E-state index is -0.602. The number of ether oxygens (including phenoxy) is 1. The number of benzene rings is 1. The van der Waals surface area contributed by atoms with Gasteiger partial charge in [0.2, 0.25) is 0 Å². The number of methoxy groups -OCH3 is 1. The third-order valence-corrected chi connectivity index (χ3v) is 2.52. The Bertz CT molecular complexity index is 590. The second-order valence-corrected chi connectivity index (χ2v) is 3.97. The highest BCUT2D eigenvalue weighted by molar-refractivity contribution is 6.00. The van der Waals surface area contributed by atoms with Crippen molar-refractivity contribution in [3.63, 3.8) is 0 Å². The summed E-state index contributed by atoms with van der Waals surface area (Å²) in [6, 6.07) is 8.31. The largest absolute Gasteiger partial charge is 0.383 e. The molecule has 7 nitrogen and oxygen atoms in total. The average Bonchev–Trinajstić information content (AvgIpc) is 2.48. The minimum absolute atomic E-state index is 0.120. The van der Waals surface area contributed by atoms with E-state index < -0.39 is 11.8 Å². The number of nitriles is 1. The molecule has 0 saturated heterocycles. The first-order chi connectivity index (χ1) is 10.1. The van der Waals surface area contributed by atoms with Gasteiger partial charge in [0.05, 0.1) is 17.9 Å². The quantitative estimate of drug-likeness (QED) is 0.380. The highest BCUT2D eigenvalue weighted by atomic mass is 16.5. The van der Waals surface area contributed by atoms with Crippen molar-refractivity contribution in [2.45, 2.75) is 0 Å². The van der Waals surface area contributed by atoms with Crippen LogP contribution in [0.2, 0.25) is 0 Å². The van der Waals surface area contributed by atoms with Crippen molar-refractivity contribution in [3.8, 4) is 6.07 Å². The number of carbonyl (C=O) groups excluding carboxylic acids is 2. The number of hydrogen-bond acceptors (Lipinski definition) is 5. The third-order valence-electron chi connectivity index (χ3n) is 2.52. The Morgan fingerprint density at radius 3 is 2.76 bits per heavy atom. The minimum Gasteiger partial charge on any atom is -0.383 e. The van der Waals surface area contributed by atoms with Gasteiger partial charge in [-0.1, -0.05) is 12.1 Å². The van der Waals surface area contributed by atoms with Gasteiger partial charge in [-0.15, -0.1) is 0 Å². The predicted molar refractivity (Wildman–Crippen MR) is 77.2 cm³/mol. The van der Waals surface area contributed by atoms with E-state index in [1.165, 1.54) is 13.3 Å². The van der Waals surface area contributed by atoms with E-state index >= 15 is 0 Å². The predicted octanol–water partition coefficient (Wildman–Crippen LogP) is 0.367. The van der Waals surface area contributed by atoms with Gasteiger partial charge in [-0.25, -0.2) is 0 Å². The van der Waals surface area contributed by atoms with Crippen LogP contribution in [0.25, 0.3) is 0 Å². The van der Waals surface area contributed by atoms with Crippen LogP contribution < -0.4 is 16.4 Å². The Kier molecular flexibility index (Phi) is 6.44. The van der Waals surface area contributed by atoms with Gasteiger partial charge in [0.15, 0.2) is 0 Å². The van der Waals surface area contributed by atoms with Gasteiger partial charge in [-0.3, -0.25) is 9.59 Å². The molecule has 0 aliphatic carbocycles. The van der Waals surface area contributed by atoms with Crippen LogP contribution in [0.15, 0.2) is 36.0 Å². The number of nitrogens with one attached hydrogen (secondary N) is 2. The lowest BCUT2D eigenvalue weighted by Crippen LogP contribution is -2.28. The smallest absolute Gasteiger partial charge is 0.263 e. The molecule has 4 N–H and O–H groups in total. The zero-order valence-corrected chi connectivity index (χ0v) is 11.6. The summed E-state index contributed by atoms with van der Waals surface area (Å²) >= 11 is 0. The van der Waals surface area contributed by atoms with Crippen LogP contribution in [0.3, 0.4) is 0 Å². The Labute approximate surface area is 122 Å². The fraction of sp³-hybridized carbons (Fsp3) is 0.214. The molecule has 0 fully saturated rings. The lowest BCUT2D eigenvalue weighted by Gasteiger charge is -2.07. The lowest BCUT2D eigenvalue weighted by molar-refractivity contribution is -0.117. The standard InChI is InChI=1S/C14H16N4O3/c1-21-7-6-17-14(20)10(8-15)9-18-12-5-3-2-4-11(12)13(16)19/h2-5,9,18H,6-7H2,1H3,(H2,16,19)(H,17,20)/b10-9-. The molecule has 0 aromatic heterocycles. The van der Waals surface area contributed by atoms with E-state index in [2.05, 4.69) is 10.6 Å². The maximum absolute atomic E-state index is 11.7. The van der Waals surface area contributed by atoms with Gasteiger partial charge in [-0.2, -0.15) is 5.26 Å². The molecule has 0 atom stereocenters. The molecule has 0 heterocycles. The van der Waals surface area contributed by atoms with Gasteiger partial charge in [0.25, 0.3) is 11.8 Å². The topological polar surface area (TPSA) is 117 Å². The molecule has 0 unspecified atom stereocenters. The van der Waals surface area contributed by atoms with Crippen LogP contribution in [0, 0.1) is 11.3 Å². The second-order valence-electron chi connectivity index (χ2n) is 3.97. The van der Waals surface area contributed by atoms with Crippen LogP contribution in [-0.2, 0) is 9.53 Å². The van der Waals surface area contributed by atoms with E-state index in [1.807, 2.05) is 0 Å². The molecular formula is C14H16N4O3. The highest BCUT2D eigenvalue weighted by Gasteiger charge is 2.09. The highest BCUT2D eigenvalue weighted by Crippen LogP contribution is 2.14. The summed E-state index contributed by atoms with van der Waals surface area (Å²) < 4.78 is 4.79. The SMILES string of the molecule is COCCNC(=O)/C(C#N)=C\Nc1ccccc1C(N)=O. The number of carbonyl (C=O) groups is 2. The van der Waals surface area contributed by atoms with E-state index in [4.69, 9.17) is 15.7 Å². The molecule has 1 aromatic carbocycles. The first kappa shape index (κ1) is 16.2. The number of anilines is 1. The van der Waals surface area contributed by atoms with Crippen molar-refractivity contribution in [2.24, 2.45) is 5.73 Å². The van der Waals surface area contributed by atoms with E-state index in [0.717, 1.165) is 0 Å². The van der Waals surface area contributed by atoms with Gasteiger partial charge >= 0.3 is 0 Å². The van der Waals surface area contributed by atoms with Crippen LogP contribution in [0.4, 0.5) is 5.69 Å². The Morgan fingerprint density at radius 2 is 2.14 bits per heavy atom. The number of rotatable bonds is 7. The van der Waals surface area contributed by atoms with Crippen LogP contribution >= 0.6 is 0 Å². The van der Waals surface area contributed by atoms with Crippen molar-refractivity contribution in [3.05, 3.63) is 41.6 Å². The average molecular weight is 288 g/mol. The summed E-state index contributed by atoms with van der Waals surface area (Å²) in [5.74, 6) is -1.13. The number of primary amides is 1. The second kappa shape index (κ2) is 8.35. The molecule has 0 spiro atoms. The van der Waals surface area contributed by atoms with Crippen molar-refractivity contribution >= 4 is 17.5 Å². The lowest BCUT2D eigenvalue weighted by atomic mass is 10.1. The van der Waals surface area contributed by atoms with E-state index in [0.29, 0.717) is 18.8 Å². The molecule has 0 aliphatic rings. The number of amides is 2. The summed E-state index contributed by atoms with van der Waals surface area (Å²) in [5.41, 5.74) is 5.80. The van der Waals surface area contributed by atoms with Crippen molar-refractivity contribution in [2.75, 3.05) is 25.6 Å². The summed E-state index contributed by atoms with van der Waals surface area (Å²) in [4.78, 5) is 22.9. The molecule has 110 valence electrons. The number of nitrogens with zero attached hydrogens (tertiary/aromatic N) is 1. The van der Waals surface area contributed by atoms with Crippen molar-refractivity contribution in [1.82, 2.24) is 5.32 Å². The van der Waals surface area contributed by atoms with E-state index in [9.17, 15) is 9.59 Å². The van der Waals surface area contributed by atoms with Crippen LogP contribution in [-0.4, -0.2) is 32.1 Å². The molecule has 21 heavy (non-hydrogen) atoms. The fourth-order valence-corrected chi connectivity index (χ4v) is 1.48. The normalized spacial score (nSPS) is 10.6. The monoisotopic (exact) mass is 288 g/mol. The molecule has 0 saturated carbocycles. The summed E-state index contributed by atoms with van der Waals surface area (Å²) in [7, 11) is 1.51. The maximum Gasteiger partial charge on any atom is 0.263 e. The first-order valence-corrected chi connectivity index (χ1v) is 6.13. The number of nitrogens with two attached hydrogens (primary N) is 1. The van der Waals surface area contributed by atoms with Gasteiger partial charge in [-0.05, 0) is 12.1 Å². The van der Waals surface area contributed by atoms with Crippen molar-refractivity contribution in [1.29, 1.82) is 5.26 Å². The summed E-state index contributed by atoms with van der Waals surface area (Å²) in [5, 5.41) is 14.2. The third kappa shape index (κ3) is 4.97.